The van der Waals surface area contributed by atoms with Gasteiger partial charge in [-0.15, -0.1) is 0 Å². The van der Waals surface area contributed by atoms with Gasteiger partial charge in [-0.25, -0.2) is 0 Å². The van der Waals surface area contributed by atoms with Crippen LogP contribution in [0.15, 0.2) is 24.3 Å². The second-order valence-electron chi connectivity index (χ2n) is 3.77. The lowest BCUT2D eigenvalue weighted by molar-refractivity contribution is -0.134. The van der Waals surface area contributed by atoms with Crippen molar-refractivity contribution in [3.05, 3.63) is 35.9 Å². The second kappa shape index (κ2) is 4.78. The molecule has 1 fully saturated rings. The van der Waals surface area contributed by atoms with Crippen LogP contribution in [0.25, 0.3) is 0 Å². The van der Waals surface area contributed by atoms with Gasteiger partial charge in [0.05, 0.1) is 0 Å². The predicted octanol–water partition coefficient (Wildman–Crippen LogP) is 0.0218. The van der Waals surface area contributed by atoms with E-state index in [2.05, 4.69) is 16.7 Å². The minimum Gasteiger partial charge on any atom is -0.340 e. The fourth-order valence-corrected chi connectivity index (χ4v) is 1.61. The van der Waals surface area contributed by atoms with Crippen LogP contribution in [0, 0.1) is 6.07 Å². The molecule has 17 heavy (non-hydrogen) atoms. The largest absolute Gasteiger partial charge is 0.340 e. The van der Waals surface area contributed by atoms with Crippen LogP contribution in [0.4, 0.5) is 0 Å². The smallest absolute Gasteiger partial charge is 0.251 e. The van der Waals surface area contributed by atoms with Gasteiger partial charge in [0, 0.05) is 12.0 Å². The van der Waals surface area contributed by atoms with E-state index >= 15 is 0 Å². The number of piperidine rings is 1. The molecule has 5 heteroatoms. The summed E-state index contributed by atoms with van der Waals surface area (Å²) in [6.45, 7) is 0. The van der Waals surface area contributed by atoms with Crippen molar-refractivity contribution in [2.75, 3.05) is 0 Å². The van der Waals surface area contributed by atoms with Gasteiger partial charge in [0.25, 0.3) is 5.91 Å². The van der Waals surface area contributed by atoms with E-state index in [-0.39, 0.29) is 18.2 Å². The number of carbonyl (C=O) groups excluding carboxylic acids is 3. The van der Waals surface area contributed by atoms with Crippen molar-refractivity contribution >= 4 is 17.7 Å². The Labute approximate surface area is 98.2 Å². The molecule has 0 saturated carbocycles. The third-order valence-corrected chi connectivity index (χ3v) is 2.51. The summed E-state index contributed by atoms with van der Waals surface area (Å²) >= 11 is 0. The molecule has 0 bridgehead atoms. The molecule has 2 N–H and O–H groups in total. The first-order valence-electron chi connectivity index (χ1n) is 5.27. The zero-order chi connectivity index (χ0) is 12.3. The van der Waals surface area contributed by atoms with Gasteiger partial charge in [0.1, 0.15) is 6.04 Å². The number of amides is 3. The Morgan fingerprint density at radius 3 is 2.94 bits per heavy atom. The molecule has 5 nitrogen and oxygen atoms in total. The molecule has 3 amide bonds. The van der Waals surface area contributed by atoms with Crippen LogP contribution < -0.4 is 10.6 Å². The summed E-state index contributed by atoms with van der Waals surface area (Å²) in [6, 6.07) is 8.70. The highest BCUT2D eigenvalue weighted by atomic mass is 16.2. The molecule has 0 aromatic heterocycles. The Hall–Kier alpha value is -2.17. The lowest BCUT2D eigenvalue weighted by Gasteiger charge is -2.21. The summed E-state index contributed by atoms with van der Waals surface area (Å²) in [4.78, 5) is 34.1. The first-order valence-corrected chi connectivity index (χ1v) is 5.27. The van der Waals surface area contributed by atoms with E-state index < -0.39 is 11.9 Å². The van der Waals surface area contributed by atoms with Crippen molar-refractivity contribution in [2.24, 2.45) is 0 Å². The Balaban J connectivity index is 2.00. The maximum absolute atomic E-state index is 11.7. The summed E-state index contributed by atoms with van der Waals surface area (Å²) < 4.78 is 0. The minimum atomic E-state index is -0.639. The summed E-state index contributed by atoms with van der Waals surface area (Å²) in [7, 11) is 0. The van der Waals surface area contributed by atoms with Crippen molar-refractivity contribution in [1.82, 2.24) is 10.6 Å². The molecule has 0 aliphatic carbocycles. The Morgan fingerprint density at radius 2 is 2.29 bits per heavy atom. The van der Waals surface area contributed by atoms with Crippen molar-refractivity contribution in [2.45, 2.75) is 18.9 Å². The standard InChI is InChI=1S/C12H11N2O3/c15-10-7-6-9(12(17)14-10)13-11(16)8-4-2-1-3-5-8/h1-2,4-5,9H,6-7H2,(H,13,16)(H,14,15,17). The number of imide groups is 1. The van der Waals surface area contributed by atoms with Crippen molar-refractivity contribution in [3.63, 3.8) is 0 Å². The highest BCUT2D eigenvalue weighted by Crippen LogP contribution is 2.06. The molecular weight excluding hydrogens is 220 g/mol. The normalized spacial score (nSPS) is 19.6. The number of carbonyl (C=O) groups is 3. The Kier molecular flexibility index (Phi) is 3.18. The van der Waals surface area contributed by atoms with Gasteiger partial charge in [-0.2, -0.15) is 0 Å². The first kappa shape index (κ1) is 11.3. The van der Waals surface area contributed by atoms with Crippen molar-refractivity contribution in [3.8, 4) is 0 Å². The summed E-state index contributed by atoms with van der Waals surface area (Å²) in [5, 5.41) is 4.77. The van der Waals surface area contributed by atoms with E-state index in [1.807, 2.05) is 0 Å². The van der Waals surface area contributed by atoms with E-state index in [0.717, 1.165) is 0 Å². The molecule has 1 atom stereocenters. The average Bonchev–Trinajstić information content (AvgIpc) is 2.34. The summed E-state index contributed by atoms with van der Waals surface area (Å²) in [5.74, 6) is -1.08. The van der Waals surface area contributed by atoms with Gasteiger partial charge in [0.15, 0.2) is 0 Å². The van der Waals surface area contributed by atoms with Crippen LogP contribution in [0.5, 0.6) is 0 Å². The van der Waals surface area contributed by atoms with E-state index in [1.54, 1.807) is 24.3 Å². The zero-order valence-electron chi connectivity index (χ0n) is 9.03. The lowest BCUT2D eigenvalue weighted by Crippen LogP contribution is -2.52. The Bertz CT molecular complexity index is 456. The molecule has 1 radical (unpaired) electrons. The molecule has 2 rings (SSSR count). The number of rotatable bonds is 2. The molecular formula is C12H11N2O3. The molecule has 1 heterocycles. The third kappa shape index (κ3) is 2.69. The maximum atomic E-state index is 11.7. The van der Waals surface area contributed by atoms with E-state index in [1.165, 1.54) is 0 Å². The number of nitrogens with one attached hydrogen (secondary N) is 2. The fraction of sp³-hybridized carbons (Fsp3) is 0.250. The van der Waals surface area contributed by atoms with E-state index in [4.69, 9.17) is 0 Å². The van der Waals surface area contributed by atoms with Crippen LogP contribution in [-0.4, -0.2) is 23.8 Å². The number of hydrogen-bond donors (Lipinski definition) is 2. The molecule has 1 unspecified atom stereocenters. The molecule has 1 aromatic rings. The summed E-state index contributed by atoms with van der Waals surface area (Å²) in [5.41, 5.74) is 0.442. The predicted molar refractivity (Wildman–Crippen MR) is 58.9 cm³/mol. The van der Waals surface area contributed by atoms with Gasteiger partial charge in [-0.3, -0.25) is 19.7 Å². The molecule has 87 valence electrons. The molecule has 1 aromatic carbocycles. The van der Waals surface area contributed by atoms with E-state index in [9.17, 15) is 14.4 Å². The van der Waals surface area contributed by atoms with Gasteiger partial charge >= 0.3 is 0 Å². The van der Waals surface area contributed by atoms with Crippen LogP contribution in [0.1, 0.15) is 23.2 Å². The molecule has 1 aliphatic rings. The molecule has 1 aliphatic heterocycles. The third-order valence-electron chi connectivity index (χ3n) is 2.51. The maximum Gasteiger partial charge on any atom is 0.251 e. The quantitative estimate of drug-likeness (QED) is 0.705. The van der Waals surface area contributed by atoms with Crippen LogP contribution in [0.2, 0.25) is 0 Å². The van der Waals surface area contributed by atoms with Gasteiger partial charge in [-0.05, 0) is 24.6 Å². The van der Waals surface area contributed by atoms with Gasteiger partial charge in [-0.1, -0.05) is 12.1 Å². The van der Waals surface area contributed by atoms with Crippen LogP contribution >= 0.6 is 0 Å². The van der Waals surface area contributed by atoms with Crippen molar-refractivity contribution in [1.29, 1.82) is 0 Å². The second-order valence-corrected chi connectivity index (χ2v) is 3.77. The average molecular weight is 231 g/mol. The lowest BCUT2D eigenvalue weighted by atomic mass is 10.1. The number of hydrogen-bond acceptors (Lipinski definition) is 3. The minimum absolute atomic E-state index is 0.248. The topological polar surface area (TPSA) is 75.3 Å². The van der Waals surface area contributed by atoms with Crippen LogP contribution in [-0.2, 0) is 9.59 Å². The number of benzene rings is 1. The van der Waals surface area contributed by atoms with Crippen molar-refractivity contribution < 1.29 is 14.4 Å². The highest BCUT2D eigenvalue weighted by Gasteiger charge is 2.27. The monoisotopic (exact) mass is 231 g/mol. The highest BCUT2D eigenvalue weighted by molar-refractivity contribution is 6.03. The summed E-state index contributed by atoms with van der Waals surface area (Å²) in [6.07, 6.45) is 0.588. The van der Waals surface area contributed by atoms with E-state index in [0.29, 0.717) is 12.0 Å². The van der Waals surface area contributed by atoms with Gasteiger partial charge in [0.2, 0.25) is 11.8 Å². The fourth-order valence-electron chi connectivity index (χ4n) is 1.61. The molecule has 0 spiro atoms. The van der Waals surface area contributed by atoms with Gasteiger partial charge < -0.3 is 5.32 Å². The zero-order valence-corrected chi connectivity index (χ0v) is 9.03. The first-order chi connectivity index (χ1) is 8.16. The molecule has 1 saturated heterocycles. The Morgan fingerprint density at radius 1 is 1.47 bits per heavy atom. The van der Waals surface area contributed by atoms with Crippen LogP contribution in [0.3, 0.4) is 0 Å². The SMILES string of the molecule is O=C1CCC(NC(=O)c2c[c]ccc2)C(=O)N1.